The van der Waals surface area contributed by atoms with E-state index in [2.05, 4.69) is 11.6 Å². The Labute approximate surface area is 96.6 Å². The Morgan fingerprint density at radius 3 is 2.80 bits per heavy atom. The summed E-state index contributed by atoms with van der Waals surface area (Å²) in [6.07, 6.45) is 7.67. The maximum Gasteiger partial charge on any atom is 0.237 e. The van der Waals surface area contributed by atoms with E-state index in [1.165, 1.54) is 19.3 Å². The van der Waals surface area contributed by atoms with E-state index in [-0.39, 0.29) is 11.9 Å². The molecule has 0 bridgehead atoms. The molecule has 0 aromatic heterocycles. The fraction of sp³-hybridized carbons (Fsp3) is 0.909. The normalized spacial score (nSPS) is 28.5. The molecule has 1 rings (SSSR count). The number of rotatable bonds is 4. The summed E-state index contributed by atoms with van der Waals surface area (Å²) >= 11 is 1.86. The summed E-state index contributed by atoms with van der Waals surface area (Å²) in [7, 11) is 0. The first-order valence-corrected chi connectivity index (χ1v) is 7.06. The molecule has 3 unspecified atom stereocenters. The van der Waals surface area contributed by atoms with Crippen molar-refractivity contribution in [3.05, 3.63) is 0 Å². The molecule has 0 aliphatic heterocycles. The Balaban J connectivity index is 2.44. The van der Waals surface area contributed by atoms with Gasteiger partial charge in [-0.1, -0.05) is 19.8 Å². The van der Waals surface area contributed by atoms with E-state index in [4.69, 9.17) is 5.73 Å². The zero-order chi connectivity index (χ0) is 11.3. The van der Waals surface area contributed by atoms with Crippen molar-refractivity contribution in [2.24, 2.45) is 5.73 Å². The molecule has 1 aliphatic carbocycles. The number of nitrogens with two attached hydrogens (primary N) is 1. The van der Waals surface area contributed by atoms with Crippen LogP contribution in [0.15, 0.2) is 0 Å². The van der Waals surface area contributed by atoms with Crippen molar-refractivity contribution in [3.8, 4) is 0 Å². The van der Waals surface area contributed by atoms with Crippen LogP contribution in [0.4, 0.5) is 0 Å². The zero-order valence-corrected chi connectivity index (χ0v) is 10.5. The number of thioether (sulfide) groups is 1. The Morgan fingerprint density at radius 2 is 2.20 bits per heavy atom. The molecule has 0 radical (unpaired) electrons. The van der Waals surface area contributed by atoms with Gasteiger partial charge in [-0.05, 0) is 25.5 Å². The van der Waals surface area contributed by atoms with Gasteiger partial charge < -0.3 is 11.1 Å². The molecule has 1 aliphatic rings. The summed E-state index contributed by atoms with van der Waals surface area (Å²) < 4.78 is 0. The van der Waals surface area contributed by atoms with Gasteiger partial charge in [0.25, 0.3) is 0 Å². The third kappa shape index (κ3) is 3.68. The first-order chi connectivity index (χ1) is 7.19. The quantitative estimate of drug-likeness (QED) is 0.770. The zero-order valence-electron chi connectivity index (χ0n) is 9.66. The number of nitrogens with one attached hydrogen (secondary N) is 1. The fourth-order valence-corrected chi connectivity index (χ4v) is 2.95. The highest BCUT2D eigenvalue weighted by Crippen LogP contribution is 2.27. The van der Waals surface area contributed by atoms with Crippen LogP contribution >= 0.6 is 11.8 Å². The van der Waals surface area contributed by atoms with E-state index in [1.54, 1.807) is 0 Å². The van der Waals surface area contributed by atoms with E-state index < -0.39 is 0 Å². The molecule has 3 nitrogen and oxygen atoms in total. The van der Waals surface area contributed by atoms with Gasteiger partial charge >= 0.3 is 0 Å². The van der Waals surface area contributed by atoms with Crippen LogP contribution in [0.2, 0.25) is 0 Å². The monoisotopic (exact) mass is 230 g/mol. The summed E-state index contributed by atoms with van der Waals surface area (Å²) in [6, 6.07) is -0.00622. The molecule has 3 N–H and O–H groups in total. The standard InChI is InChI=1S/C11H22N2OS/c1-3-8(12)11(14)13-9-6-4-5-7-10(9)15-2/h8-10H,3-7,12H2,1-2H3,(H,13,14). The largest absolute Gasteiger partial charge is 0.351 e. The summed E-state index contributed by atoms with van der Waals surface area (Å²) in [5.74, 6) is 0.0171. The SMILES string of the molecule is CCC(N)C(=O)NC1CCCCC1SC. The molecule has 0 saturated heterocycles. The van der Waals surface area contributed by atoms with Gasteiger partial charge in [0.1, 0.15) is 0 Å². The van der Waals surface area contributed by atoms with Gasteiger partial charge in [0.2, 0.25) is 5.91 Å². The van der Waals surface area contributed by atoms with Crippen molar-refractivity contribution in [1.82, 2.24) is 5.32 Å². The third-order valence-corrected chi connectivity index (χ3v) is 4.28. The van der Waals surface area contributed by atoms with Gasteiger partial charge in [-0.15, -0.1) is 0 Å². The molecule has 3 atom stereocenters. The molecular formula is C11H22N2OS. The smallest absolute Gasteiger partial charge is 0.237 e. The number of amides is 1. The second-order valence-corrected chi connectivity index (χ2v) is 5.27. The fourth-order valence-electron chi connectivity index (χ4n) is 2.02. The molecule has 1 saturated carbocycles. The van der Waals surface area contributed by atoms with Crippen molar-refractivity contribution in [2.45, 2.75) is 56.4 Å². The van der Waals surface area contributed by atoms with Crippen LogP contribution in [-0.2, 0) is 4.79 Å². The molecule has 0 aromatic rings. The predicted octanol–water partition coefficient (Wildman–Crippen LogP) is 1.51. The minimum absolute atomic E-state index is 0.0171. The van der Waals surface area contributed by atoms with Crippen molar-refractivity contribution < 1.29 is 4.79 Å². The van der Waals surface area contributed by atoms with Crippen LogP contribution in [0.25, 0.3) is 0 Å². The molecule has 0 aromatic carbocycles. The van der Waals surface area contributed by atoms with Gasteiger partial charge in [-0.2, -0.15) is 11.8 Å². The van der Waals surface area contributed by atoms with Crippen LogP contribution < -0.4 is 11.1 Å². The van der Waals surface area contributed by atoms with Crippen molar-refractivity contribution in [3.63, 3.8) is 0 Å². The molecular weight excluding hydrogens is 208 g/mol. The number of hydrogen-bond donors (Lipinski definition) is 2. The van der Waals surface area contributed by atoms with Gasteiger partial charge in [-0.3, -0.25) is 4.79 Å². The average Bonchev–Trinajstić information content (AvgIpc) is 2.28. The second-order valence-electron chi connectivity index (χ2n) is 4.19. The lowest BCUT2D eigenvalue weighted by atomic mass is 9.94. The first-order valence-electron chi connectivity index (χ1n) is 5.77. The minimum Gasteiger partial charge on any atom is -0.351 e. The lowest BCUT2D eigenvalue weighted by molar-refractivity contribution is -0.123. The summed E-state index contributed by atoms with van der Waals surface area (Å²) in [4.78, 5) is 11.7. The van der Waals surface area contributed by atoms with Crippen LogP contribution in [0.3, 0.4) is 0 Å². The number of carbonyl (C=O) groups excluding carboxylic acids is 1. The topological polar surface area (TPSA) is 55.1 Å². The minimum atomic E-state index is -0.338. The van der Waals surface area contributed by atoms with E-state index >= 15 is 0 Å². The van der Waals surface area contributed by atoms with Crippen LogP contribution in [0.1, 0.15) is 39.0 Å². The van der Waals surface area contributed by atoms with E-state index in [9.17, 15) is 4.79 Å². The van der Waals surface area contributed by atoms with E-state index in [0.717, 1.165) is 6.42 Å². The lowest BCUT2D eigenvalue weighted by Gasteiger charge is -2.31. The molecule has 0 heterocycles. The van der Waals surface area contributed by atoms with Gasteiger partial charge in [-0.25, -0.2) is 0 Å². The maximum atomic E-state index is 11.7. The van der Waals surface area contributed by atoms with Crippen molar-refractivity contribution in [1.29, 1.82) is 0 Å². The summed E-state index contributed by atoms with van der Waals surface area (Å²) in [5, 5.41) is 3.66. The molecule has 1 amide bonds. The summed E-state index contributed by atoms with van der Waals surface area (Å²) in [6.45, 7) is 1.94. The summed E-state index contributed by atoms with van der Waals surface area (Å²) in [5.41, 5.74) is 5.70. The van der Waals surface area contributed by atoms with E-state index in [0.29, 0.717) is 17.7 Å². The van der Waals surface area contributed by atoms with Crippen molar-refractivity contribution in [2.75, 3.05) is 6.26 Å². The van der Waals surface area contributed by atoms with Gasteiger partial charge in [0.15, 0.2) is 0 Å². The van der Waals surface area contributed by atoms with Gasteiger partial charge in [0.05, 0.1) is 6.04 Å². The maximum absolute atomic E-state index is 11.7. The molecule has 0 spiro atoms. The number of hydrogen-bond acceptors (Lipinski definition) is 3. The predicted molar refractivity (Wildman–Crippen MR) is 66.0 cm³/mol. The molecule has 88 valence electrons. The molecule has 15 heavy (non-hydrogen) atoms. The second kappa shape index (κ2) is 6.38. The Bertz CT molecular complexity index is 211. The Hall–Kier alpha value is -0.220. The van der Waals surface area contributed by atoms with E-state index in [1.807, 2.05) is 18.7 Å². The highest BCUT2D eigenvalue weighted by atomic mass is 32.2. The highest BCUT2D eigenvalue weighted by molar-refractivity contribution is 7.99. The van der Waals surface area contributed by atoms with Crippen molar-refractivity contribution >= 4 is 17.7 Å². The third-order valence-electron chi connectivity index (χ3n) is 3.11. The molecule has 4 heteroatoms. The highest BCUT2D eigenvalue weighted by Gasteiger charge is 2.26. The first kappa shape index (κ1) is 12.8. The van der Waals surface area contributed by atoms with Crippen LogP contribution in [0, 0.1) is 0 Å². The molecule has 1 fully saturated rings. The Kier molecular flexibility index (Phi) is 5.47. The average molecular weight is 230 g/mol. The Morgan fingerprint density at radius 1 is 1.53 bits per heavy atom. The van der Waals surface area contributed by atoms with Gasteiger partial charge in [0, 0.05) is 11.3 Å². The van der Waals surface area contributed by atoms with Crippen LogP contribution in [0.5, 0.6) is 0 Å². The lowest BCUT2D eigenvalue weighted by Crippen LogP contribution is -2.49. The number of carbonyl (C=O) groups is 1. The van der Waals surface area contributed by atoms with Crippen LogP contribution in [-0.4, -0.2) is 29.5 Å².